The predicted octanol–water partition coefficient (Wildman–Crippen LogP) is 4.45. The summed E-state index contributed by atoms with van der Waals surface area (Å²) in [6.07, 6.45) is 8.20. The first-order chi connectivity index (χ1) is 9.26. The SMILES string of the molecule is CCCCCCCCN(CC)Cc1cccc(N)c1. The van der Waals surface area contributed by atoms with Crippen LogP contribution in [0.4, 0.5) is 5.69 Å². The minimum Gasteiger partial charge on any atom is -0.399 e. The van der Waals surface area contributed by atoms with Crippen LogP contribution in [0.25, 0.3) is 0 Å². The van der Waals surface area contributed by atoms with Gasteiger partial charge in [0.15, 0.2) is 0 Å². The number of hydrogen-bond acceptors (Lipinski definition) is 2. The van der Waals surface area contributed by atoms with Gasteiger partial charge in [-0.25, -0.2) is 0 Å². The Bertz CT molecular complexity index is 336. The highest BCUT2D eigenvalue weighted by atomic mass is 15.1. The van der Waals surface area contributed by atoms with E-state index in [1.54, 1.807) is 0 Å². The van der Waals surface area contributed by atoms with Gasteiger partial charge >= 0.3 is 0 Å². The zero-order chi connectivity index (χ0) is 13.9. The van der Waals surface area contributed by atoms with Crippen molar-refractivity contribution in [2.75, 3.05) is 18.8 Å². The Labute approximate surface area is 119 Å². The molecule has 0 aromatic heterocycles. The largest absolute Gasteiger partial charge is 0.399 e. The lowest BCUT2D eigenvalue weighted by molar-refractivity contribution is 0.272. The van der Waals surface area contributed by atoms with Crippen LogP contribution in [-0.2, 0) is 6.54 Å². The molecule has 0 fully saturated rings. The molecular formula is C17H30N2. The Morgan fingerprint density at radius 2 is 1.74 bits per heavy atom. The Balaban J connectivity index is 2.22. The van der Waals surface area contributed by atoms with Crippen LogP contribution >= 0.6 is 0 Å². The van der Waals surface area contributed by atoms with Crippen LogP contribution in [0, 0.1) is 0 Å². The number of hydrogen-bond donors (Lipinski definition) is 1. The fraction of sp³-hybridized carbons (Fsp3) is 0.647. The van der Waals surface area contributed by atoms with Crippen LogP contribution in [0.3, 0.4) is 0 Å². The number of nitrogens with two attached hydrogens (primary N) is 1. The van der Waals surface area contributed by atoms with Crippen LogP contribution in [-0.4, -0.2) is 18.0 Å². The minimum absolute atomic E-state index is 0.869. The highest BCUT2D eigenvalue weighted by molar-refractivity contribution is 5.40. The molecule has 0 atom stereocenters. The van der Waals surface area contributed by atoms with Crippen LogP contribution in [0.2, 0.25) is 0 Å². The molecule has 0 bridgehead atoms. The van der Waals surface area contributed by atoms with Gasteiger partial charge in [0.1, 0.15) is 0 Å². The summed E-state index contributed by atoms with van der Waals surface area (Å²) in [7, 11) is 0. The van der Waals surface area contributed by atoms with Gasteiger partial charge in [-0.15, -0.1) is 0 Å². The van der Waals surface area contributed by atoms with E-state index < -0.39 is 0 Å². The first kappa shape index (κ1) is 16.0. The molecule has 0 aliphatic carbocycles. The molecular weight excluding hydrogens is 232 g/mol. The minimum atomic E-state index is 0.869. The van der Waals surface area contributed by atoms with Crippen molar-refractivity contribution < 1.29 is 0 Å². The third kappa shape index (κ3) is 7.22. The van der Waals surface area contributed by atoms with Crippen molar-refractivity contribution in [3.05, 3.63) is 29.8 Å². The summed E-state index contributed by atoms with van der Waals surface area (Å²) in [6, 6.07) is 8.25. The second kappa shape index (κ2) is 9.85. The summed E-state index contributed by atoms with van der Waals surface area (Å²) in [5.41, 5.74) is 8.02. The van der Waals surface area contributed by atoms with Gasteiger partial charge in [-0.2, -0.15) is 0 Å². The average molecular weight is 262 g/mol. The number of anilines is 1. The van der Waals surface area contributed by atoms with E-state index in [9.17, 15) is 0 Å². The van der Waals surface area contributed by atoms with Crippen LogP contribution < -0.4 is 5.73 Å². The normalized spacial score (nSPS) is 11.1. The fourth-order valence-corrected chi connectivity index (χ4v) is 2.41. The maximum atomic E-state index is 5.83. The number of unbranched alkanes of at least 4 members (excludes halogenated alkanes) is 5. The Morgan fingerprint density at radius 3 is 2.42 bits per heavy atom. The third-order valence-corrected chi connectivity index (χ3v) is 3.63. The van der Waals surface area contributed by atoms with E-state index in [2.05, 4.69) is 30.9 Å². The van der Waals surface area contributed by atoms with Gasteiger partial charge in [-0.05, 0) is 37.2 Å². The molecule has 1 aromatic rings. The molecule has 2 heteroatoms. The van der Waals surface area contributed by atoms with Gasteiger partial charge in [0.25, 0.3) is 0 Å². The van der Waals surface area contributed by atoms with E-state index in [-0.39, 0.29) is 0 Å². The van der Waals surface area contributed by atoms with Crippen LogP contribution in [0.15, 0.2) is 24.3 Å². The van der Waals surface area contributed by atoms with Crippen molar-refractivity contribution in [2.45, 2.75) is 58.9 Å². The smallest absolute Gasteiger partial charge is 0.0317 e. The molecule has 0 spiro atoms. The quantitative estimate of drug-likeness (QED) is 0.498. The van der Waals surface area contributed by atoms with E-state index in [0.717, 1.165) is 18.8 Å². The van der Waals surface area contributed by atoms with E-state index in [1.807, 2.05) is 12.1 Å². The van der Waals surface area contributed by atoms with Gasteiger partial charge in [0, 0.05) is 12.2 Å². The molecule has 0 aliphatic heterocycles. The monoisotopic (exact) mass is 262 g/mol. The summed E-state index contributed by atoms with van der Waals surface area (Å²) in [4.78, 5) is 2.51. The van der Waals surface area contributed by atoms with E-state index >= 15 is 0 Å². The van der Waals surface area contributed by atoms with Crippen molar-refractivity contribution in [1.29, 1.82) is 0 Å². The molecule has 19 heavy (non-hydrogen) atoms. The van der Waals surface area contributed by atoms with Crippen molar-refractivity contribution in [3.63, 3.8) is 0 Å². The highest BCUT2D eigenvalue weighted by Crippen LogP contribution is 2.11. The summed E-state index contributed by atoms with van der Waals surface area (Å²) >= 11 is 0. The van der Waals surface area contributed by atoms with Gasteiger partial charge in [0.05, 0.1) is 0 Å². The first-order valence-corrected chi connectivity index (χ1v) is 7.83. The molecule has 0 radical (unpaired) electrons. The van der Waals surface area contributed by atoms with E-state index in [4.69, 9.17) is 5.73 Å². The molecule has 0 saturated heterocycles. The molecule has 0 unspecified atom stereocenters. The second-order valence-corrected chi connectivity index (χ2v) is 5.38. The third-order valence-electron chi connectivity index (χ3n) is 3.63. The van der Waals surface area contributed by atoms with Crippen molar-refractivity contribution in [3.8, 4) is 0 Å². The Morgan fingerprint density at radius 1 is 1.00 bits per heavy atom. The fourth-order valence-electron chi connectivity index (χ4n) is 2.41. The lowest BCUT2D eigenvalue weighted by Crippen LogP contribution is -2.24. The number of rotatable bonds is 10. The number of nitrogen functional groups attached to an aromatic ring is 1. The molecule has 1 rings (SSSR count). The summed E-state index contributed by atoms with van der Waals surface area (Å²) in [5.74, 6) is 0. The molecule has 108 valence electrons. The molecule has 0 aliphatic rings. The molecule has 1 aromatic carbocycles. The molecule has 0 amide bonds. The van der Waals surface area contributed by atoms with E-state index in [0.29, 0.717) is 0 Å². The summed E-state index contributed by atoms with van der Waals surface area (Å²) < 4.78 is 0. The van der Waals surface area contributed by atoms with Crippen molar-refractivity contribution in [2.24, 2.45) is 0 Å². The van der Waals surface area contributed by atoms with Gasteiger partial charge in [0.2, 0.25) is 0 Å². The number of nitrogens with zero attached hydrogens (tertiary/aromatic N) is 1. The Kier molecular flexibility index (Phi) is 8.31. The van der Waals surface area contributed by atoms with Gasteiger partial charge in [-0.1, -0.05) is 58.1 Å². The maximum absolute atomic E-state index is 5.83. The van der Waals surface area contributed by atoms with Crippen LogP contribution in [0.5, 0.6) is 0 Å². The van der Waals surface area contributed by atoms with Crippen molar-refractivity contribution >= 4 is 5.69 Å². The van der Waals surface area contributed by atoms with Gasteiger partial charge < -0.3 is 5.73 Å². The van der Waals surface area contributed by atoms with E-state index in [1.165, 1.54) is 50.6 Å². The lowest BCUT2D eigenvalue weighted by atomic mass is 10.1. The lowest BCUT2D eigenvalue weighted by Gasteiger charge is -2.20. The maximum Gasteiger partial charge on any atom is 0.0317 e. The topological polar surface area (TPSA) is 29.3 Å². The first-order valence-electron chi connectivity index (χ1n) is 7.83. The standard InChI is InChI=1S/C17H30N2/c1-3-5-6-7-8-9-13-19(4-2)15-16-11-10-12-17(18)14-16/h10-12,14H,3-9,13,15,18H2,1-2H3. The number of benzene rings is 1. The highest BCUT2D eigenvalue weighted by Gasteiger charge is 2.03. The molecule has 0 saturated carbocycles. The molecule has 2 N–H and O–H groups in total. The Hall–Kier alpha value is -1.02. The summed E-state index contributed by atoms with van der Waals surface area (Å²) in [6.45, 7) is 7.85. The second-order valence-electron chi connectivity index (χ2n) is 5.38. The average Bonchev–Trinajstić information content (AvgIpc) is 2.41. The predicted molar refractivity (Wildman–Crippen MR) is 85.2 cm³/mol. The summed E-state index contributed by atoms with van der Waals surface area (Å²) in [5, 5.41) is 0. The zero-order valence-electron chi connectivity index (χ0n) is 12.7. The van der Waals surface area contributed by atoms with Crippen molar-refractivity contribution in [1.82, 2.24) is 4.90 Å². The van der Waals surface area contributed by atoms with Crippen LogP contribution in [0.1, 0.15) is 57.9 Å². The molecule has 2 nitrogen and oxygen atoms in total. The zero-order valence-corrected chi connectivity index (χ0v) is 12.7. The molecule has 0 heterocycles. The van der Waals surface area contributed by atoms with Gasteiger partial charge in [-0.3, -0.25) is 4.90 Å².